The summed E-state index contributed by atoms with van der Waals surface area (Å²) in [6, 6.07) is 0. The van der Waals surface area contributed by atoms with Crippen LogP contribution in [-0.2, 0) is 4.79 Å². The fourth-order valence-corrected chi connectivity index (χ4v) is 4.04. The van der Waals surface area contributed by atoms with Crippen LogP contribution in [0, 0.1) is 0 Å². The molecule has 4 rings (SSSR count). The smallest absolute Gasteiger partial charge is 0.146 e. The van der Waals surface area contributed by atoms with Crippen molar-refractivity contribution in [3.63, 3.8) is 0 Å². The number of hydrogen-bond donors (Lipinski definition) is 1. The van der Waals surface area contributed by atoms with Gasteiger partial charge in [-0.05, 0) is 66.4 Å². The highest BCUT2D eigenvalue weighted by Crippen LogP contribution is 2.25. The van der Waals surface area contributed by atoms with Crippen LogP contribution in [0.25, 0.3) is 0 Å². The summed E-state index contributed by atoms with van der Waals surface area (Å²) in [5.41, 5.74) is 2.40. The molecule has 2 aliphatic carbocycles. The molecule has 2 fully saturated rings. The van der Waals surface area contributed by atoms with Crippen LogP contribution in [0.15, 0.2) is 44.4 Å². The van der Waals surface area contributed by atoms with Gasteiger partial charge in [0.05, 0.1) is 0 Å². The van der Waals surface area contributed by atoms with E-state index < -0.39 is 0 Å². The summed E-state index contributed by atoms with van der Waals surface area (Å²) >= 11 is 6.79. The summed E-state index contributed by atoms with van der Waals surface area (Å²) < 4.78 is 2.41. The largest absolute Gasteiger partial charge is 0.317 e. The van der Waals surface area contributed by atoms with E-state index in [-0.39, 0.29) is 0 Å². The van der Waals surface area contributed by atoms with Crippen molar-refractivity contribution in [3.8, 4) is 0 Å². The van der Waals surface area contributed by atoms with E-state index in [0.29, 0.717) is 0 Å². The van der Waals surface area contributed by atoms with Gasteiger partial charge in [0.2, 0.25) is 0 Å². The van der Waals surface area contributed by atoms with Crippen LogP contribution in [0.3, 0.4) is 0 Å². The lowest BCUT2D eigenvalue weighted by atomic mass is 10.2. The minimum Gasteiger partial charge on any atom is -0.317 e. The van der Waals surface area contributed by atoms with Crippen molar-refractivity contribution in [1.29, 1.82) is 0 Å². The van der Waals surface area contributed by atoms with E-state index in [1.165, 1.54) is 62.9 Å². The Morgan fingerprint density at radius 2 is 1.56 bits per heavy atom. The van der Waals surface area contributed by atoms with Gasteiger partial charge in [0.1, 0.15) is 6.29 Å². The molecule has 0 saturated carbocycles. The van der Waals surface area contributed by atoms with Gasteiger partial charge in [-0.15, -0.1) is 0 Å². The second-order valence-electron chi connectivity index (χ2n) is 6.71. The Hall–Kier alpha value is -0.490. The van der Waals surface area contributed by atoms with Crippen LogP contribution in [0.2, 0.25) is 0 Å². The van der Waals surface area contributed by atoms with Crippen molar-refractivity contribution < 1.29 is 4.79 Å². The maximum Gasteiger partial charge on any atom is 0.146 e. The molecule has 0 spiro atoms. The molecule has 2 aliphatic heterocycles. The third-order valence-corrected chi connectivity index (χ3v) is 5.57. The van der Waals surface area contributed by atoms with Crippen LogP contribution in [0.4, 0.5) is 0 Å². The first-order valence-corrected chi connectivity index (χ1v) is 10.7. The minimum absolute atomic E-state index is 0.767. The first-order chi connectivity index (χ1) is 12.2. The zero-order valence-electron chi connectivity index (χ0n) is 14.8. The van der Waals surface area contributed by atoms with Gasteiger partial charge in [-0.2, -0.15) is 0 Å². The average Bonchev–Trinajstić information content (AvgIpc) is 3.38. The molecule has 25 heavy (non-hydrogen) atoms. The molecule has 2 heterocycles. The van der Waals surface area contributed by atoms with Gasteiger partial charge in [-0.3, -0.25) is 9.69 Å². The Kier molecular flexibility index (Phi) is 9.99. The fourth-order valence-electron chi connectivity index (χ4n) is 3.10. The topological polar surface area (TPSA) is 32.3 Å². The second kappa shape index (κ2) is 12.0. The zero-order valence-corrected chi connectivity index (χ0v) is 17.9. The van der Waals surface area contributed by atoms with E-state index in [1.807, 2.05) is 12.2 Å². The molecule has 138 valence electrons. The lowest BCUT2D eigenvalue weighted by Gasteiger charge is -2.14. The molecule has 0 bridgehead atoms. The van der Waals surface area contributed by atoms with Gasteiger partial charge < -0.3 is 5.32 Å². The van der Waals surface area contributed by atoms with Crippen molar-refractivity contribution in [1.82, 2.24) is 10.2 Å². The maximum absolute atomic E-state index is 10.0. The molecule has 0 aromatic heterocycles. The van der Waals surface area contributed by atoms with E-state index in [9.17, 15) is 4.79 Å². The molecular weight excluding hydrogens is 444 g/mol. The van der Waals surface area contributed by atoms with E-state index in [4.69, 9.17) is 0 Å². The number of rotatable bonds is 3. The Labute approximate surface area is 168 Å². The highest BCUT2D eigenvalue weighted by molar-refractivity contribution is 9.12. The Balaban J connectivity index is 0.000000149. The Morgan fingerprint density at radius 1 is 0.920 bits per heavy atom. The standard InChI is InChI=1S/C10H14BrN.C6H5BrO.C4H9N/c11-10-4-3-9(7-10)8-12-5-1-2-6-12;7-6-2-1-5(3-6)4-8;1-2-4-5-3-1/h3-4H,1-2,5-8H2;1-2,4H,3H2;5H,1-4H2. The monoisotopic (exact) mass is 470 g/mol. The second-order valence-corrected chi connectivity index (χ2v) is 8.74. The van der Waals surface area contributed by atoms with Crippen LogP contribution in [0.1, 0.15) is 38.5 Å². The summed E-state index contributed by atoms with van der Waals surface area (Å²) in [6.45, 7) is 6.29. The molecule has 5 heteroatoms. The highest BCUT2D eigenvalue weighted by atomic mass is 79.9. The fraction of sp³-hybridized carbons (Fsp3) is 0.550. The predicted octanol–water partition coefficient (Wildman–Crippen LogP) is 4.86. The van der Waals surface area contributed by atoms with Crippen molar-refractivity contribution >= 4 is 38.1 Å². The summed E-state index contributed by atoms with van der Waals surface area (Å²) in [5, 5.41) is 3.22. The first kappa shape index (κ1) is 20.8. The minimum atomic E-state index is 0.767. The molecular formula is C20H28Br2N2O. The number of nitrogens with zero attached hydrogens (tertiary/aromatic N) is 1. The number of carbonyl (C=O) groups excluding carboxylic acids is 1. The number of halogens is 2. The number of carbonyl (C=O) groups is 1. The Morgan fingerprint density at radius 3 is 1.96 bits per heavy atom. The van der Waals surface area contributed by atoms with Crippen molar-refractivity contribution in [2.75, 3.05) is 32.7 Å². The van der Waals surface area contributed by atoms with Gasteiger partial charge >= 0.3 is 0 Å². The molecule has 2 saturated heterocycles. The number of likely N-dealkylation sites (tertiary alicyclic amines) is 1. The molecule has 1 N–H and O–H groups in total. The molecule has 0 radical (unpaired) electrons. The van der Waals surface area contributed by atoms with Crippen molar-refractivity contribution in [2.45, 2.75) is 38.5 Å². The molecule has 0 aromatic rings. The van der Waals surface area contributed by atoms with Crippen molar-refractivity contribution in [2.24, 2.45) is 0 Å². The van der Waals surface area contributed by atoms with E-state index in [2.05, 4.69) is 54.2 Å². The summed E-state index contributed by atoms with van der Waals surface area (Å²) in [7, 11) is 0. The predicted molar refractivity (Wildman–Crippen MR) is 113 cm³/mol. The van der Waals surface area contributed by atoms with Gasteiger partial charge in [0, 0.05) is 19.4 Å². The Bertz CT molecular complexity index is 546. The number of allylic oxidation sites excluding steroid dienone is 7. The molecule has 0 aromatic carbocycles. The first-order valence-electron chi connectivity index (χ1n) is 9.15. The zero-order chi connectivity index (χ0) is 17.9. The molecule has 3 nitrogen and oxygen atoms in total. The quantitative estimate of drug-likeness (QED) is 0.596. The van der Waals surface area contributed by atoms with Crippen LogP contribution < -0.4 is 5.32 Å². The van der Waals surface area contributed by atoms with Crippen molar-refractivity contribution in [3.05, 3.63) is 44.4 Å². The van der Waals surface area contributed by atoms with Gasteiger partial charge in [0.25, 0.3) is 0 Å². The summed E-state index contributed by atoms with van der Waals surface area (Å²) in [6.07, 6.45) is 16.5. The van der Waals surface area contributed by atoms with E-state index >= 15 is 0 Å². The number of hydrogen-bond acceptors (Lipinski definition) is 3. The molecule has 0 unspecified atom stereocenters. The summed E-state index contributed by atoms with van der Waals surface area (Å²) in [4.78, 5) is 12.6. The van der Waals surface area contributed by atoms with Crippen LogP contribution >= 0.6 is 31.9 Å². The van der Waals surface area contributed by atoms with Gasteiger partial charge in [0.15, 0.2) is 0 Å². The average molecular weight is 472 g/mol. The molecule has 0 atom stereocenters. The normalized spacial score (nSPS) is 22.2. The molecule has 0 amide bonds. The number of nitrogens with one attached hydrogen (secondary N) is 1. The third-order valence-electron chi connectivity index (χ3n) is 4.48. The van der Waals surface area contributed by atoms with Crippen LogP contribution in [0.5, 0.6) is 0 Å². The lowest BCUT2D eigenvalue weighted by molar-refractivity contribution is -0.104. The number of aldehydes is 1. The summed E-state index contributed by atoms with van der Waals surface area (Å²) in [5.74, 6) is 0. The maximum atomic E-state index is 10.0. The van der Waals surface area contributed by atoms with E-state index in [1.54, 1.807) is 5.57 Å². The SMILES string of the molecule is BrC1=CC=C(CN2CCCC2)C1.C1CCNC1.O=CC1=CC=C(Br)C1. The van der Waals surface area contributed by atoms with Gasteiger partial charge in [-0.1, -0.05) is 61.7 Å². The lowest BCUT2D eigenvalue weighted by Crippen LogP contribution is -2.21. The van der Waals surface area contributed by atoms with Gasteiger partial charge in [-0.25, -0.2) is 0 Å². The van der Waals surface area contributed by atoms with Crippen LogP contribution in [-0.4, -0.2) is 43.9 Å². The third kappa shape index (κ3) is 8.63. The highest BCUT2D eigenvalue weighted by Gasteiger charge is 2.14. The molecule has 4 aliphatic rings. The van der Waals surface area contributed by atoms with E-state index in [0.717, 1.165) is 29.2 Å².